The van der Waals surface area contributed by atoms with E-state index in [-0.39, 0.29) is 18.0 Å². The van der Waals surface area contributed by atoms with Crippen molar-refractivity contribution in [1.29, 1.82) is 0 Å². The standard InChI is InChI=1S/C10H13IO3/c1-4(12)10-3-5-2-6(10)8(7(5)11)14-9(10)13/h4-8,12H,2-3H2,1H3. The number of aliphatic hydroxyl groups is 1. The molecule has 78 valence electrons. The number of carbonyl (C=O) groups excluding carboxylic acids is 1. The Hall–Kier alpha value is 0.160. The van der Waals surface area contributed by atoms with Gasteiger partial charge >= 0.3 is 5.97 Å². The molecule has 0 spiro atoms. The van der Waals surface area contributed by atoms with Gasteiger partial charge in [-0.1, -0.05) is 22.6 Å². The fourth-order valence-corrected chi connectivity index (χ4v) is 4.83. The van der Waals surface area contributed by atoms with E-state index in [1.165, 1.54) is 0 Å². The predicted molar refractivity (Wildman–Crippen MR) is 58.0 cm³/mol. The Labute approximate surface area is 96.3 Å². The van der Waals surface area contributed by atoms with E-state index in [1.54, 1.807) is 6.92 Å². The number of rotatable bonds is 1. The summed E-state index contributed by atoms with van der Waals surface area (Å²) in [5.41, 5.74) is -0.545. The SMILES string of the molecule is CC(O)C12CC3CC1C(OC2=O)C3I. The lowest BCUT2D eigenvalue weighted by Gasteiger charge is -2.32. The summed E-state index contributed by atoms with van der Waals surface area (Å²) in [4.78, 5) is 11.8. The summed E-state index contributed by atoms with van der Waals surface area (Å²) in [6, 6.07) is 0. The van der Waals surface area contributed by atoms with Gasteiger partial charge in [0.25, 0.3) is 0 Å². The molecule has 0 aromatic rings. The smallest absolute Gasteiger partial charge is 0.315 e. The zero-order valence-corrected chi connectivity index (χ0v) is 10.1. The number of carbonyl (C=O) groups is 1. The van der Waals surface area contributed by atoms with Crippen LogP contribution in [0.4, 0.5) is 0 Å². The molecule has 1 saturated heterocycles. The molecule has 2 aliphatic carbocycles. The lowest BCUT2D eigenvalue weighted by Crippen LogP contribution is -2.43. The number of hydrogen-bond acceptors (Lipinski definition) is 3. The van der Waals surface area contributed by atoms with Crippen molar-refractivity contribution in [2.24, 2.45) is 17.3 Å². The molecular weight excluding hydrogens is 295 g/mol. The first-order chi connectivity index (χ1) is 6.57. The van der Waals surface area contributed by atoms with Crippen LogP contribution in [0.5, 0.6) is 0 Å². The molecular formula is C10H13IO3. The first-order valence-electron chi connectivity index (χ1n) is 5.10. The van der Waals surface area contributed by atoms with E-state index in [9.17, 15) is 9.90 Å². The van der Waals surface area contributed by atoms with Crippen molar-refractivity contribution in [2.75, 3.05) is 0 Å². The third-order valence-electron chi connectivity index (χ3n) is 4.35. The van der Waals surface area contributed by atoms with Gasteiger partial charge in [0.1, 0.15) is 11.5 Å². The van der Waals surface area contributed by atoms with Gasteiger partial charge < -0.3 is 9.84 Å². The van der Waals surface area contributed by atoms with Gasteiger partial charge in [0.15, 0.2) is 0 Å². The van der Waals surface area contributed by atoms with Gasteiger partial charge in [0.2, 0.25) is 0 Å². The highest BCUT2D eigenvalue weighted by Gasteiger charge is 2.71. The lowest BCUT2D eigenvalue weighted by molar-refractivity contribution is -0.152. The third kappa shape index (κ3) is 0.813. The van der Waals surface area contributed by atoms with E-state index in [2.05, 4.69) is 22.6 Å². The summed E-state index contributed by atoms with van der Waals surface area (Å²) < 4.78 is 5.88. The Kier molecular flexibility index (Phi) is 1.77. The molecule has 2 bridgehead atoms. The van der Waals surface area contributed by atoms with Gasteiger partial charge in [0, 0.05) is 5.92 Å². The van der Waals surface area contributed by atoms with Crippen molar-refractivity contribution in [3.63, 3.8) is 0 Å². The zero-order valence-electron chi connectivity index (χ0n) is 7.94. The van der Waals surface area contributed by atoms with Gasteiger partial charge in [-0.2, -0.15) is 0 Å². The van der Waals surface area contributed by atoms with Crippen LogP contribution in [-0.2, 0) is 9.53 Å². The molecule has 3 aliphatic rings. The number of halogens is 1. The largest absolute Gasteiger partial charge is 0.460 e. The fraction of sp³-hybridized carbons (Fsp3) is 0.900. The highest BCUT2D eigenvalue weighted by atomic mass is 127. The van der Waals surface area contributed by atoms with E-state index >= 15 is 0 Å². The zero-order chi connectivity index (χ0) is 10.1. The van der Waals surface area contributed by atoms with Crippen LogP contribution in [0, 0.1) is 17.3 Å². The minimum Gasteiger partial charge on any atom is -0.460 e. The van der Waals surface area contributed by atoms with E-state index in [4.69, 9.17) is 4.74 Å². The predicted octanol–water partition coefficient (Wildman–Crippen LogP) is 1.12. The van der Waals surface area contributed by atoms with E-state index in [0.29, 0.717) is 9.84 Å². The van der Waals surface area contributed by atoms with Crippen LogP contribution in [-0.4, -0.2) is 27.2 Å². The Balaban J connectivity index is 2.07. The van der Waals surface area contributed by atoms with Crippen LogP contribution in [0.15, 0.2) is 0 Å². The highest BCUT2D eigenvalue weighted by Crippen LogP contribution is 2.64. The normalized spacial score (nSPS) is 56.4. The van der Waals surface area contributed by atoms with Crippen LogP contribution in [0.1, 0.15) is 19.8 Å². The maximum absolute atomic E-state index is 11.8. The molecule has 3 nitrogen and oxygen atoms in total. The van der Waals surface area contributed by atoms with Gasteiger partial charge in [-0.15, -0.1) is 0 Å². The molecule has 6 atom stereocenters. The molecule has 6 unspecified atom stereocenters. The monoisotopic (exact) mass is 308 g/mol. The number of aliphatic hydroxyl groups excluding tert-OH is 1. The Morgan fingerprint density at radius 1 is 1.71 bits per heavy atom. The van der Waals surface area contributed by atoms with Gasteiger partial charge in [0.05, 0.1) is 10.0 Å². The van der Waals surface area contributed by atoms with Crippen molar-refractivity contribution in [3.8, 4) is 0 Å². The summed E-state index contributed by atoms with van der Waals surface area (Å²) in [5, 5.41) is 9.80. The topological polar surface area (TPSA) is 46.5 Å². The molecule has 1 N–H and O–H groups in total. The van der Waals surface area contributed by atoms with Crippen LogP contribution in [0.2, 0.25) is 0 Å². The number of alkyl halides is 1. The van der Waals surface area contributed by atoms with Crippen molar-refractivity contribution < 1.29 is 14.6 Å². The van der Waals surface area contributed by atoms with Crippen molar-refractivity contribution in [2.45, 2.75) is 35.9 Å². The second-order valence-corrected chi connectivity index (χ2v) is 6.28. The van der Waals surface area contributed by atoms with Crippen LogP contribution in [0.25, 0.3) is 0 Å². The minimum atomic E-state index is -0.557. The molecule has 3 rings (SSSR count). The van der Waals surface area contributed by atoms with Crippen LogP contribution >= 0.6 is 22.6 Å². The molecule has 0 radical (unpaired) electrons. The number of fused-ring (bicyclic) bond motifs is 1. The fourth-order valence-electron chi connectivity index (χ4n) is 3.63. The molecule has 4 heteroatoms. The molecule has 3 fully saturated rings. The van der Waals surface area contributed by atoms with Crippen LogP contribution < -0.4 is 0 Å². The Morgan fingerprint density at radius 3 is 3.00 bits per heavy atom. The Morgan fingerprint density at radius 2 is 2.43 bits per heavy atom. The summed E-state index contributed by atoms with van der Waals surface area (Å²) in [7, 11) is 0. The number of ether oxygens (including phenoxy) is 1. The summed E-state index contributed by atoms with van der Waals surface area (Å²) in [6.45, 7) is 1.73. The molecule has 0 amide bonds. The second kappa shape index (κ2) is 2.64. The quantitative estimate of drug-likeness (QED) is 0.449. The first kappa shape index (κ1) is 9.39. The minimum absolute atomic E-state index is 0.0800. The van der Waals surface area contributed by atoms with Crippen molar-refractivity contribution in [1.82, 2.24) is 0 Å². The molecule has 14 heavy (non-hydrogen) atoms. The van der Waals surface area contributed by atoms with Gasteiger partial charge in [-0.05, 0) is 25.7 Å². The van der Waals surface area contributed by atoms with E-state index < -0.39 is 11.5 Å². The number of esters is 1. The molecule has 0 aromatic carbocycles. The molecule has 2 saturated carbocycles. The molecule has 1 heterocycles. The summed E-state index contributed by atoms with van der Waals surface area (Å²) in [5.74, 6) is 0.706. The summed E-state index contributed by atoms with van der Waals surface area (Å²) in [6.07, 6.45) is 1.42. The maximum atomic E-state index is 11.8. The van der Waals surface area contributed by atoms with E-state index in [1.807, 2.05) is 0 Å². The third-order valence-corrected chi connectivity index (χ3v) is 6.07. The first-order valence-corrected chi connectivity index (χ1v) is 6.35. The maximum Gasteiger partial charge on any atom is 0.315 e. The highest BCUT2D eigenvalue weighted by molar-refractivity contribution is 14.1. The van der Waals surface area contributed by atoms with Crippen LogP contribution in [0.3, 0.4) is 0 Å². The van der Waals surface area contributed by atoms with Crippen molar-refractivity contribution in [3.05, 3.63) is 0 Å². The van der Waals surface area contributed by atoms with Gasteiger partial charge in [-0.25, -0.2) is 0 Å². The lowest BCUT2D eigenvalue weighted by atomic mass is 9.71. The Bertz CT molecular complexity index is 304. The second-order valence-electron chi connectivity index (χ2n) is 4.84. The summed E-state index contributed by atoms with van der Waals surface area (Å²) >= 11 is 2.39. The molecule has 1 aliphatic heterocycles. The molecule has 0 aromatic heterocycles. The average molecular weight is 308 g/mol. The van der Waals surface area contributed by atoms with E-state index in [0.717, 1.165) is 12.8 Å². The van der Waals surface area contributed by atoms with Crippen molar-refractivity contribution >= 4 is 28.6 Å². The average Bonchev–Trinajstić information content (AvgIpc) is 2.67. The van der Waals surface area contributed by atoms with Gasteiger partial charge in [-0.3, -0.25) is 4.79 Å². The number of hydrogen-bond donors (Lipinski definition) is 1.